The van der Waals surface area contributed by atoms with Gasteiger partial charge in [0.25, 0.3) is 0 Å². The zero-order valence-electron chi connectivity index (χ0n) is 12.0. The van der Waals surface area contributed by atoms with Crippen molar-refractivity contribution in [3.63, 3.8) is 0 Å². The van der Waals surface area contributed by atoms with Crippen LogP contribution < -0.4 is 5.32 Å². The highest BCUT2D eigenvalue weighted by atomic mass is 35.5. The summed E-state index contributed by atoms with van der Waals surface area (Å²) < 4.78 is 50.8. The molecule has 0 unspecified atom stereocenters. The number of halogens is 4. The Hall–Kier alpha value is -1.70. The van der Waals surface area contributed by atoms with Crippen LogP contribution in [-0.4, -0.2) is 20.1 Å². The van der Waals surface area contributed by atoms with Gasteiger partial charge in [0, 0.05) is 16.3 Å². The number of hydrogen-bond donors (Lipinski definition) is 1. The Morgan fingerprint density at radius 1 is 1.04 bits per heavy atom. The normalized spacial score (nSPS) is 11.3. The van der Waals surface area contributed by atoms with Gasteiger partial charge in [0.15, 0.2) is 9.84 Å². The number of anilines is 1. The predicted molar refractivity (Wildman–Crippen MR) is 88.9 cm³/mol. The van der Waals surface area contributed by atoms with E-state index in [0.717, 1.165) is 18.2 Å². The van der Waals surface area contributed by atoms with Crippen LogP contribution in [0, 0.1) is 11.6 Å². The zero-order valence-corrected chi connectivity index (χ0v) is 14.4. The number of carbonyl (C=O) groups excluding carboxylic acids is 1. The summed E-state index contributed by atoms with van der Waals surface area (Å²) in [7, 11) is -3.96. The van der Waals surface area contributed by atoms with Crippen LogP contribution in [0.25, 0.3) is 0 Å². The molecule has 9 heteroatoms. The quantitative estimate of drug-likeness (QED) is 0.839. The average molecular weight is 394 g/mol. The number of carbonyl (C=O) groups is 1. The second kappa shape index (κ2) is 7.46. The van der Waals surface area contributed by atoms with Crippen LogP contribution in [0.5, 0.6) is 0 Å². The maximum Gasteiger partial charge on any atom is 0.239 e. The number of amides is 1. The van der Waals surface area contributed by atoms with Crippen LogP contribution in [0.15, 0.2) is 36.4 Å². The van der Waals surface area contributed by atoms with E-state index in [1.54, 1.807) is 0 Å². The molecule has 0 saturated carbocycles. The zero-order chi connectivity index (χ0) is 17.9. The van der Waals surface area contributed by atoms with Crippen LogP contribution in [0.2, 0.25) is 10.0 Å². The summed E-state index contributed by atoms with van der Waals surface area (Å²) in [5, 5.41) is 2.03. The molecule has 128 valence electrons. The highest BCUT2D eigenvalue weighted by molar-refractivity contribution is 7.91. The van der Waals surface area contributed by atoms with Crippen molar-refractivity contribution in [1.29, 1.82) is 0 Å². The van der Waals surface area contributed by atoms with Crippen molar-refractivity contribution in [2.24, 2.45) is 0 Å². The van der Waals surface area contributed by atoms with Crippen molar-refractivity contribution in [3.05, 3.63) is 63.6 Å². The number of rotatable bonds is 5. The lowest BCUT2D eigenvalue weighted by molar-refractivity contribution is -0.113. The molecular weight excluding hydrogens is 383 g/mol. The summed E-state index contributed by atoms with van der Waals surface area (Å²) in [6.45, 7) is 0. The monoisotopic (exact) mass is 393 g/mol. The van der Waals surface area contributed by atoms with E-state index in [9.17, 15) is 22.0 Å². The van der Waals surface area contributed by atoms with Crippen LogP contribution in [-0.2, 0) is 20.4 Å². The first-order valence-electron chi connectivity index (χ1n) is 6.56. The summed E-state index contributed by atoms with van der Waals surface area (Å²) in [5.74, 6) is -3.89. The first-order chi connectivity index (χ1) is 11.2. The highest BCUT2D eigenvalue weighted by Crippen LogP contribution is 2.22. The molecule has 0 aliphatic carbocycles. The van der Waals surface area contributed by atoms with Gasteiger partial charge in [-0.05, 0) is 30.3 Å². The van der Waals surface area contributed by atoms with Gasteiger partial charge in [0.05, 0.1) is 10.8 Å². The van der Waals surface area contributed by atoms with Gasteiger partial charge in [-0.15, -0.1) is 0 Å². The van der Waals surface area contributed by atoms with Crippen LogP contribution in [0.1, 0.15) is 5.56 Å². The lowest BCUT2D eigenvalue weighted by atomic mass is 10.2. The summed E-state index contributed by atoms with van der Waals surface area (Å²) in [6, 6.07) is 7.20. The minimum atomic E-state index is -3.96. The van der Waals surface area contributed by atoms with Gasteiger partial charge in [0.1, 0.15) is 17.4 Å². The topological polar surface area (TPSA) is 63.2 Å². The molecule has 0 aromatic heterocycles. The van der Waals surface area contributed by atoms with E-state index >= 15 is 0 Å². The second-order valence-electron chi connectivity index (χ2n) is 4.91. The number of sulfone groups is 1. The molecule has 2 aromatic rings. The third-order valence-corrected chi connectivity index (χ3v) is 5.05. The van der Waals surface area contributed by atoms with Gasteiger partial charge in [-0.25, -0.2) is 17.2 Å². The molecule has 0 spiro atoms. The Kier molecular flexibility index (Phi) is 5.79. The first-order valence-corrected chi connectivity index (χ1v) is 9.14. The maximum atomic E-state index is 13.6. The number of nitrogens with one attached hydrogen (secondary N) is 1. The molecule has 0 radical (unpaired) electrons. The third-order valence-electron chi connectivity index (χ3n) is 2.98. The van der Waals surface area contributed by atoms with Crippen LogP contribution in [0.4, 0.5) is 14.5 Å². The summed E-state index contributed by atoms with van der Waals surface area (Å²) in [6.07, 6.45) is 0. The van der Waals surface area contributed by atoms with E-state index in [1.807, 2.05) is 0 Å². The lowest BCUT2D eigenvalue weighted by Gasteiger charge is -2.09. The van der Waals surface area contributed by atoms with Crippen molar-refractivity contribution in [3.8, 4) is 0 Å². The molecule has 0 fully saturated rings. The van der Waals surface area contributed by atoms with Crippen molar-refractivity contribution in [1.82, 2.24) is 0 Å². The minimum absolute atomic E-state index is 0.0377. The fourth-order valence-corrected chi connectivity index (χ4v) is 3.71. The van der Waals surface area contributed by atoms with E-state index in [0.29, 0.717) is 0 Å². The molecule has 0 aliphatic heterocycles. The Balaban J connectivity index is 2.08. The fourth-order valence-electron chi connectivity index (χ4n) is 1.91. The van der Waals surface area contributed by atoms with Crippen molar-refractivity contribution < 1.29 is 22.0 Å². The van der Waals surface area contributed by atoms with E-state index in [-0.39, 0.29) is 21.3 Å². The second-order valence-corrected chi connectivity index (χ2v) is 7.79. The molecular formula is C15H11Cl2F2NO3S. The van der Waals surface area contributed by atoms with E-state index in [4.69, 9.17) is 23.2 Å². The van der Waals surface area contributed by atoms with Gasteiger partial charge in [-0.1, -0.05) is 29.3 Å². The predicted octanol–water partition coefficient (Wildman–Crippen LogP) is 3.83. The molecule has 0 atom stereocenters. The summed E-state index contributed by atoms with van der Waals surface area (Å²) >= 11 is 11.4. The fraction of sp³-hybridized carbons (Fsp3) is 0.133. The molecule has 1 N–H and O–H groups in total. The Bertz CT molecular complexity index is 868. The maximum absolute atomic E-state index is 13.6. The standard InChI is InChI=1S/C15H11Cl2F2NO3S/c16-11-2-1-3-13(18)10(11)7-24(22,23)8-15(21)20-9-4-5-14(19)12(17)6-9/h1-6H,7-8H2,(H,20,21). The molecule has 2 rings (SSSR count). The van der Waals surface area contributed by atoms with Gasteiger partial charge in [0.2, 0.25) is 5.91 Å². The number of benzene rings is 2. The van der Waals surface area contributed by atoms with Crippen LogP contribution >= 0.6 is 23.2 Å². The molecule has 0 heterocycles. The van der Waals surface area contributed by atoms with Gasteiger partial charge >= 0.3 is 0 Å². The van der Waals surface area contributed by atoms with Crippen molar-refractivity contribution >= 4 is 44.6 Å². The average Bonchev–Trinajstić information content (AvgIpc) is 2.46. The Morgan fingerprint density at radius 2 is 1.75 bits per heavy atom. The van der Waals surface area contributed by atoms with E-state index in [2.05, 4.69) is 5.32 Å². The van der Waals surface area contributed by atoms with Gasteiger partial charge < -0.3 is 5.32 Å². The largest absolute Gasteiger partial charge is 0.325 e. The Morgan fingerprint density at radius 3 is 2.38 bits per heavy atom. The van der Waals surface area contributed by atoms with Gasteiger partial charge in [-0.3, -0.25) is 4.79 Å². The minimum Gasteiger partial charge on any atom is -0.325 e. The summed E-state index contributed by atoms with van der Waals surface area (Å²) in [5.41, 5.74) is -0.0534. The molecule has 0 bridgehead atoms. The van der Waals surface area contributed by atoms with Gasteiger partial charge in [-0.2, -0.15) is 0 Å². The first kappa shape index (κ1) is 18.6. The number of hydrogen-bond acceptors (Lipinski definition) is 3. The molecule has 24 heavy (non-hydrogen) atoms. The molecule has 1 amide bonds. The van der Waals surface area contributed by atoms with Crippen molar-refractivity contribution in [2.45, 2.75) is 5.75 Å². The SMILES string of the molecule is O=C(CS(=O)(=O)Cc1c(F)cccc1Cl)Nc1ccc(F)c(Cl)c1. The molecule has 0 saturated heterocycles. The third kappa shape index (κ3) is 4.90. The summed E-state index contributed by atoms with van der Waals surface area (Å²) in [4.78, 5) is 11.8. The lowest BCUT2D eigenvalue weighted by Crippen LogP contribution is -2.24. The van der Waals surface area contributed by atoms with Crippen molar-refractivity contribution in [2.75, 3.05) is 11.1 Å². The smallest absolute Gasteiger partial charge is 0.239 e. The van der Waals surface area contributed by atoms with E-state index < -0.39 is 38.9 Å². The van der Waals surface area contributed by atoms with E-state index in [1.165, 1.54) is 18.2 Å². The molecule has 0 aliphatic rings. The molecule has 2 aromatic carbocycles. The highest BCUT2D eigenvalue weighted by Gasteiger charge is 2.21. The van der Waals surface area contributed by atoms with Crippen LogP contribution in [0.3, 0.4) is 0 Å². The Labute approximate surface area is 147 Å². The molecule has 4 nitrogen and oxygen atoms in total.